The van der Waals surface area contributed by atoms with Gasteiger partial charge in [0.15, 0.2) is 6.23 Å². The van der Waals surface area contributed by atoms with Crippen molar-refractivity contribution in [1.29, 1.82) is 0 Å². The molecule has 1 aliphatic heterocycles. The molecule has 1 fully saturated rings. The Labute approximate surface area is 116 Å². The van der Waals surface area contributed by atoms with Crippen LogP contribution in [0.4, 0.5) is 16.2 Å². The van der Waals surface area contributed by atoms with Crippen molar-refractivity contribution in [3.63, 3.8) is 0 Å². The van der Waals surface area contributed by atoms with Gasteiger partial charge in [-0.25, -0.2) is 14.5 Å². The van der Waals surface area contributed by atoms with Crippen LogP contribution in [0.5, 0.6) is 0 Å². The summed E-state index contributed by atoms with van der Waals surface area (Å²) < 4.78 is 10.4. The van der Waals surface area contributed by atoms with Crippen LogP contribution in [0.25, 0.3) is 4.85 Å². The highest BCUT2D eigenvalue weighted by molar-refractivity contribution is 6.34. The Morgan fingerprint density at radius 3 is 2.79 bits per heavy atom. The fraction of sp³-hybridized carbons (Fsp3) is 0.385. The average molecular weight is 281 g/mol. The standard InChI is InChI=1S/C13H13ClN2O3/c1-7-10(6-5-9(15-3)11(7)14)16-12(18-4)8(2)19-13(16)17/h5-6,8,12H,1-2,4H3/t8-,12-/m0/s1. The maximum atomic E-state index is 11.9. The van der Waals surface area contributed by atoms with E-state index in [1.807, 2.05) is 0 Å². The Morgan fingerprint density at radius 2 is 2.21 bits per heavy atom. The van der Waals surface area contributed by atoms with E-state index in [9.17, 15) is 4.79 Å². The summed E-state index contributed by atoms with van der Waals surface area (Å²) in [5, 5.41) is 0.342. The van der Waals surface area contributed by atoms with Crippen LogP contribution >= 0.6 is 11.6 Å². The van der Waals surface area contributed by atoms with Crippen LogP contribution in [0.15, 0.2) is 12.1 Å². The second kappa shape index (κ2) is 5.08. The normalized spacial score (nSPS) is 22.3. The van der Waals surface area contributed by atoms with Gasteiger partial charge in [0, 0.05) is 7.11 Å². The molecule has 0 N–H and O–H groups in total. The molecule has 1 aromatic rings. The van der Waals surface area contributed by atoms with Gasteiger partial charge in [-0.3, -0.25) is 0 Å². The van der Waals surface area contributed by atoms with Crippen LogP contribution in [0.1, 0.15) is 12.5 Å². The predicted octanol–water partition coefficient (Wildman–Crippen LogP) is 3.52. The lowest BCUT2D eigenvalue weighted by Gasteiger charge is -2.24. The lowest BCUT2D eigenvalue weighted by molar-refractivity contribution is 0.0392. The minimum atomic E-state index is -0.499. The van der Waals surface area contributed by atoms with E-state index in [0.717, 1.165) is 0 Å². The van der Waals surface area contributed by atoms with Crippen LogP contribution in [0.3, 0.4) is 0 Å². The van der Waals surface area contributed by atoms with Gasteiger partial charge < -0.3 is 9.47 Å². The lowest BCUT2D eigenvalue weighted by atomic mass is 10.1. The fourth-order valence-electron chi connectivity index (χ4n) is 2.13. The molecule has 0 saturated carbocycles. The number of carbonyl (C=O) groups is 1. The molecule has 1 heterocycles. The molecule has 0 aromatic heterocycles. The summed E-state index contributed by atoms with van der Waals surface area (Å²) >= 11 is 6.12. The molecule has 1 aromatic carbocycles. The van der Waals surface area contributed by atoms with Gasteiger partial charge in [0.1, 0.15) is 6.10 Å². The topological polar surface area (TPSA) is 43.1 Å². The zero-order valence-corrected chi connectivity index (χ0v) is 11.6. The predicted molar refractivity (Wildman–Crippen MR) is 71.7 cm³/mol. The Hall–Kier alpha value is -1.77. The number of hydrogen-bond acceptors (Lipinski definition) is 3. The molecule has 0 radical (unpaired) electrons. The fourth-order valence-corrected chi connectivity index (χ4v) is 2.33. The first-order valence-corrected chi connectivity index (χ1v) is 6.08. The molecule has 2 rings (SSSR count). The number of rotatable bonds is 2. The van der Waals surface area contributed by atoms with Crippen molar-refractivity contribution in [3.05, 3.63) is 34.1 Å². The number of ether oxygens (including phenoxy) is 2. The molecule has 1 amide bonds. The summed E-state index contributed by atoms with van der Waals surface area (Å²) in [7, 11) is 1.51. The number of amides is 1. The molecule has 100 valence electrons. The zero-order valence-electron chi connectivity index (χ0n) is 10.8. The second-order valence-electron chi connectivity index (χ2n) is 4.24. The molecule has 0 bridgehead atoms. The highest BCUT2D eigenvalue weighted by atomic mass is 35.5. The largest absolute Gasteiger partial charge is 0.441 e. The lowest BCUT2D eigenvalue weighted by Crippen LogP contribution is -2.37. The van der Waals surface area contributed by atoms with Crippen molar-refractivity contribution < 1.29 is 14.3 Å². The molecule has 1 aliphatic rings. The Kier molecular flexibility index (Phi) is 3.65. The third kappa shape index (κ3) is 2.14. The number of halogens is 1. The quantitative estimate of drug-likeness (QED) is 0.779. The number of anilines is 1. The van der Waals surface area contributed by atoms with E-state index in [2.05, 4.69) is 4.85 Å². The molecular weight excluding hydrogens is 268 g/mol. The summed E-state index contributed by atoms with van der Waals surface area (Å²) in [5.41, 5.74) is 1.61. The Balaban J connectivity index is 2.50. The van der Waals surface area contributed by atoms with Crippen molar-refractivity contribution in [2.45, 2.75) is 26.2 Å². The molecule has 1 saturated heterocycles. The highest BCUT2D eigenvalue weighted by Crippen LogP contribution is 2.37. The molecule has 0 spiro atoms. The van der Waals surface area contributed by atoms with Gasteiger partial charge in [0.25, 0.3) is 0 Å². The SMILES string of the molecule is [C-]#[N+]c1ccc(N2C(=O)O[C@@H](C)[C@@H]2OC)c(C)c1Cl. The van der Waals surface area contributed by atoms with Crippen molar-refractivity contribution in [2.24, 2.45) is 0 Å². The molecular formula is C13H13ClN2O3. The van der Waals surface area contributed by atoms with E-state index >= 15 is 0 Å². The average Bonchev–Trinajstić information content (AvgIpc) is 2.67. The summed E-state index contributed by atoms with van der Waals surface area (Å²) in [4.78, 5) is 16.6. The van der Waals surface area contributed by atoms with Crippen LogP contribution in [-0.2, 0) is 9.47 Å². The Morgan fingerprint density at radius 1 is 1.53 bits per heavy atom. The van der Waals surface area contributed by atoms with Gasteiger partial charge in [-0.1, -0.05) is 17.7 Å². The molecule has 5 nitrogen and oxygen atoms in total. The van der Waals surface area contributed by atoms with Crippen LogP contribution in [0.2, 0.25) is 5.02 Å². The van der Waals surface area contributed by atoms with Gasteiger partial charge in [0.05, 0.1) is 17.3 Å². The minimum Gasteiger partial charge on any atom is -0.441 e. The van der Waals surface area contributed by atoms with E-state index < -0.39 is 12.3 Å². The third-order valence-corrected chi connectivity index (χ3v) is 3.58. The number of benzene rings is 1. The summed E-state index contributed by atoms with van der Waals surface area (Å²) in [6, 6.07) is 3.26. The van der Waals surface area contributed by atoms with Crippen LogP contribution in [-0.4, -0.2) is 25.5 Å². The second-order valence-corrected chi connectivity index (χ2v) is 4.62. The van der Waals surface area contributed by atoms with Crippen LogP contribution in [0, 0.1) is 13.5 Å². The summed E-state index contributed by atoms with van der Waals surface area (Å²) in [5.74, 6) is 0. The monoisotopic (exact) mass is 280 g/mol. The minimum absolute atomic E-state index is 0.342. The third-order valence-electron chi connectivity index (χ3n) is 3.10. The smallest absolute Gasteiger partial charge is 0.417 e. The van der Waals surface area contributed by atoms with Crippen molar-refractivity contribution in [2.75, 3.05) is 12.0 Å². The van der Waals surface area contributed by atoms with E-state index in [4.69, 9.17) is 27.6 Å². The number of carbonyl (C=O) groups excluding carboxylic acids is 1. The van der Waals surface area contributed by atoms with E-state index in [-0.39, 0.29) is 6.10 Å². The molecule has 6 heteroatoms. The molecule has 2 atom stereocenters. The molecule has 0 unspecified atom stereocenters. The maximum absolute atomic E-state index is 11.9. The number of nitrogens with zero attached hydrogens (tertiary/aromatic N) is 2. The maximum Gasteiger partial charge on any atom is 0.417 e. The Bertz CT molecular complexity index is 568. The molecule has 19 heavy (non-hydrogen) atoms. The first kappa shape index (κ1) is 13.7. The molecule has 0 aliphatic carbocycles. The van der Waals surface area contributed by atoms with Gasteiger partial charge in [-0.05, 0) is 25.5 Å². The van der Waals surface area contributed by atoms with E-state index in [1.54, 1.807) is 26.0 Å². The van der Waals surface area contributed by atoms with Gasteiger partial charge in [-0.2, -0.15) is 0 Å². The number of hydrogen-bond donors (Lipinski definition) is 0. The van der Waals surface area contributed by atoms with Crippen molar-refractivity contribution >= 4 is 29.1 Å². The summed E-state index contributed by atoms with van der Waals surface area (Å²) in [6.45, 7) is 10.5. The highest BCUT2D eigenvalue weighted by Gasteiger charge is 2.41. The van der Waals surface area contributed by atoms with Gasteiger partial charge in [-0.15, -0.1) is 0 Å². The van der Waals surface area contributed by atoms with Crippen molar-refractivity contribution in [3.8, 4) is 0 Å². The van der Waals surface area contributed by atoms with E-state index in [1.165, 1.54) is 12.0 Å². The first-order chi connectivity index (χ1) is 9.01. The summed E-state index contributed by atoms with van der Waals surface area (Å²) in [6.07, 6.45) is -1.34. The van der Waals surface area contributed by atoms with Gasteiger partial charge >= 0.3 is 6.09 Å². The van der Waals surface area contributed by atoms with Crippen molar-refractivity contribution in [1.82, 2.24) is 0 Å². The number of cyclic esters (lactones) is 1. The zero-order chi connectivity index (χ0) is 14.2. The number of methoxy groups -OCH3 is 1. The van der Waals surface area contributed by atoms with E-state index in [0.29, 0.717) is 22.0 Å². The first-order valence-electron chi connectivity index (χ1n) is 5.70. The van der Waals surface area contributed by atoms with Gasteiger partial charge in [0.2, 0.25) is 5.69 Å². The van der Waals surface area contributed by atoms with Crippen LogP contribution < -0.4 is 4.90 Å².